The molecule has 7 heteroatoms. The van der Waals surface area contributed by atoms with Crippen LogP contribution in [0.5, 0.6) is 5.75 Å². The predicted octanol–water partition coefficient (Wildman–Crippen LogP) is 2.00. The molecule has 0 radical (unpaired) electrons. The van der Waals surface area contributed by atoms with Gasteiger partial charge in [0.05, 0.1) is 37.6 Å². The third-order valence-electron chi connectivity index (χ3n) is 4.21. The van der Waals surface area contributed by atoms with Gasteiger partial charge >= 0.3 is 6.03 Å². The molecule has 1 unspecified atom stereocenters. The van der Waals surface area contributed by atoms with Gasteiger partial charge < -0.3 is 10.1 Å². The standard InChI is InChI=1S/C18H21N3O4/c1-4-9-20-14-11-21(25-5-2)17(22)15(14)16(19-18(20)23)12-7-6-8-13(10-12)24-3/h4,6-8,10,16H,1,5,9,11H2,2-3H3,(H,19,23). The van der Waals surface area contributed by atoms with Crippen LogP contribution in [0.25, 0.3) is 0 Å². The third-order valence-corrected chi connectivity index (χ3v) is 4.21. The zero-order chi connectivity index (χ0) is 18.0. The van der Waals surface area contributed by atoms with Crippen LogP contribution in [0.4, 0.5) is 4.79 Å². The number of nitrogens with zero attached hydrogens (tertiary/aromatic N) is 2. The summed E-state index contributed by atoms with van der Waals surface area (Å²) >= 11 is 0. The Balaban J connectivity index is 2.05. The first kappa shape index (κ1) is 17.0. The van der Waals surface area contributed by atoms with Crippen molar-refractivity contribution >= 4 is 11.9 Å². The van der Waals surface area contributed by atoms with Crippen molar-refractivity contribution in [1.29, 1.82) is 0 Å². The number of hydroxylamine groups is 2. The fourth-order valence-electron chi connectivity index (χ4n) is 3.12. The molecule has 2 aliphatic rings. The van der Waals surface area contributed by atoms with Crippen molar-refractivity contribution in [1.82, 2.24) is 15.3 Å². The lowest BCUT2D eigenvalue weighted by Crippen LogP contribution is -2.47. The fourth-order valence-corrected chi connectivity index (χ4v) is 3.12. The van der Waals surface area contributed by atoms with Crippen molar-refractivity contribution in [2.75, 3.05) is 26.8 Å². The van der Waals surface area contributed by atoms with E-state index >= 15 is 0 Å². The van der Waals surface area contributed by atoms with Crippen molar-refractivity contribution in [3.05, 3.63) is 53.8 Å². The highest BCUT2D eigenvalue weighted by Crippen LogP contribution is 2.37. The Kier molecular flexibility index (Phi) is 4.76. The summed E-state index contributed by atoms with van der Waals surface area (Å²) in [6, 6.07) is 6.51. The molecule has 7 nitrogen and oxygen atoms in total. The van der Waals surface area contributed by atoms with Gasteiger partial charge in [0.25, 0.3) is 5.91 Å². The number of carbonyl (C=O) groups excluding carboxylic acids is 2. The van der Waals surface area contributed by atoms with Crippen molar-refractivity contribution in [3.63, 3.8) is 0 Å². The number of carbonyl (C=O) groups is 2. The van der Waals surface area contributed by atoms with E-state index in [4.69, 9.17) is 9.57 Å². The van der Waals surface area contributed by atoms with Gasteiger partial charge in [0.15, 0.2) is 0 Å². The predicted molar refractivity (Wildman–Crippen MR) is 91.5 cm³/mol. The minimum Gasteiger partial charge on any atom is -0.497 e. The zero-order valence-electron chi connectivity index (χ0n) is 14.3. The minimum absolute atomic E-state index is 0.237. The smallest absolute Gasteiger partial charge is 0.322 e. The van der Waals surface area contributed by atoms with E-state index in [-0.39, 0.29) is 18.5 Å². The number of nitrogens with one attached hydrogen (secondary N) is 1. The largest absolute Gasteiger partial charge is 0.497 e. The summed E-state index contributed by atoms with van der Waals surface area (Å²) in [5.41, 5.74) is 1.95. The molecule has 0 spiro atoms. The number of amides is 3. The van der Waals surface area contributed by atoms with Crippen LogP contribution in [0.1, 0.15) is 18.5 Å². The molecule has 0 aliphatic carbocycles. The summed E-state index contributed by atoms with van der Waals surface area (Å²) in [4.78, 5) is 32.3. The quantitative estimate of drug-likeness (QED) is 0.802. The molecule has 0 fully saturated rings. The Bertz CT molecular complexity index is 744. The topological polar surface area (TPSA) is 71.1 Å². The van der Waals surface area contributed by atoms with E-state index in [2.05, 4.69) is 11.9 Å². The van der Waals surface area contributed by atoms with Crippen molar-refractivity contribution in [2.45, 2.75) is 13.0 Å². The molecule has 25 heavy (non-hydrogen) atoms. The van der Waals surface area contributed by atoms with Gasteiger partial charge in [-0.3, -0.25) is 14.5 Å². The number of urea groups is 1. The van der Waals surface area contributed by atoms with Crippen LogP contribution in [-0.4, -0.2) is 48.7 Å². The first-order chi connectivity index (χ1) is 12.1. The van der Waals surface area contributed by atoms with E-state index in [1.165, 1.54) is 9.96 Å². The lowest BCUT2D eigenvalue weighted by molar-refractivity contribution is -0.174. The third kappa shape index (κ3) is 2.98. The Labute approximate surface area is 146 Å². The number of benzene rings is 1. The van der Waals surface area contributed by atoms with Crippen LogP contribution in [-0.2, 0) is 9.63 Å². The van der Waals surface area contributed by atoms with Gasteiger partial charge in [-0.2, -0.15) is 0 Å². The molecule has 3 rings (SSSR count). The Hall–Kier alpha value is -2.80. The fraction of sp³-hybridized carbons (Fsp3) is 0.333. The second-order valence-corrected chi connectivity index (χ2v) is 5.68. The number of methoxy groups -OCH3 is 1. The summed E-state index contributed by atoms with van der Waals surface area (Å²) in [6.45, 7) is 6.44. The SMILES string of the molecule is C=CCN1C(=O)NC(c2cccc(OC)c2)C2=C1CN(OCC)C2=O. The maximum Gasteiger partial charge on any atom is 0.322 e. The highest BCUT2D eigenvalue weighted by molar-refractivity contribution is 6.00. The molecule has 0 bridgehead atoms. The highest BCUT2D eigenvalue weighted by atomic mass is 16.7. The zero-order valence-corrected chi connectivity index (χ0v) is 14.3. The highest BCUT2D eigenvalue weighted by Gasteiger charge is 2.44. The van der Waals surface area contributed by atoms with Gasteiger partial charge in [-0.05, 0) is 24.6 Å². The normalized spacial score (nSPS) is 19.8. The minimum atomic E-state index is -0.545. The Morgan fingerprint density at radius 1 is 1.40 bits per heavy atom. The van der Waals surface area contributed by atoms with Gasteiger partial charge in [0.1, 0.15) is 5.75 Å². The molecule has 2 aliphatic heterocycles. The van der Waals surface area contributed by atoms with Gasteiger partial charge in [-0.25, -0.2) is 9.86 Å². The molecule has 132 valence electrons. The summed E-state index contributed by atoms with van der Waals surface area (Å²) < 4.78 is 5.26. The molecular formula is C18H21N3O4. The van der Waals surface area contributed by atoms with Crippen LogP contribution in [0.3, 0.4) is 0 Å². The molecular weight excluding hydrogens is 322 g/mol. The number of hydrogen-bond acceptors (Lipinski definition) is 4. The van der Waals surface area contributed by atoms with Crippen LogP contribution in [0.15, 0.2) is 48.2 Å². The molecule has 2 heterocycles. The maximum atomic E-state index is 12.8. The van der Waals surface area contributed by atoms with E-state index in [0.717, 1.165) is 5.56 Å². The van der Waals surface area contributed by atoms with Crippen molar-refractivity contribution in [2.24, 2.45) is 0 Å². The summed E-state index contributed by atoms with van der Waals surface area (Å²) in [5.74, 6) is 0.424. The van der Waals surface area contributed by atoms with Crippen LogP contribution >= 0.6 is 0 Å². The van der Waals surface area contributed by atoms with Gasteiger partial charge in [-0.15, -0.1) is 6.58 Å². The van der Waals surface area contributed by atoms with Crippen molar-refractivity contribution in [3.8, 4) is 5.75 Å². The first-order valence-electron chi connectivity index (χ1n) is 8.11. The molecule has 1 aromatic rings. The molecule has 0 aromatic heterocycles. The van der Waals surface area contributed by atoms with E-state index < -0.39 is 6.04 Å². The van der Waals surface area contributed by atoms with E-state index in [1.807, 2.05) is 31.2 Å². The van der Waals surface area contributed by atoms with Gasteiger partial charge in [0.2, 0.25) is 0 Å². The molecule has 1 atom stereocenters. The second-order valence-electron chi connectivity index (χ2n) is 5.68. The monoisotopic (exact) mass is 343 g/mol. The summed E-state index contributed by atoms with van der Waals surface area (Å²) in [7, 11) is 1.58. The Morgan fingerprint density at radius 2 is 2.20 bits per heavy atom. The van der Waals surface area contributed by atoms with E-state index in [9.17, 15) is 9.59 Å². The van der Waals surface area contributed by atoms with Crippen molar-refractivity contribution < 1.29 is 19.2 Å². The number of hydrogen-bond donors (Lipinski definition) is 1. The first-order valence-corrected chi connectivity index (χ1v) is 8.11. The van der Waals surface area contributed by atoms with Crippen LogP contribution < -0.4 is 10.1 Å². The van der Waals surface area contributed by atoms with Crippen LogP contribution in [0.2, 0.25) is 0 Å². The lowest BCUT2D eigenvalue weighted by Gasteiger charge is -2.32. The van der Waals surface area contributed by atoms with Gasteiger partial charge in [0, 0.05) is 6.54 Å². The average Bonchev–Trinajstić information content (AvgIpc) is 2.94. The number of ether oxygens (including phenoxy) is 1. The molecule has 1 aromatic carbocycles. The van der Waals surface area contributed by atoms with E-state index in [1.54, 1.807) is 13.2 Å². The lowest BCUT2D eigenvalue weighted by atomic mass is 9.95. The average molecular weight is 343 g/mol. The number of rotatable bonds is 6. The second kappa shape index (κ2) is 6.98. The molecule has 0 saturated carbocycles. The molecule has 3 amide bonds. The summed E-state index contributed by atoms with van der Waals surface area (Å²) in [6.07, 6.45) is 1.63. The summed E-state index contributed by atoms with van der Waals surface area (Å²) in [5, 5.41) is 4.21. The molecule has 1 N–H and O–H groups in total. The maximum absolute atomic E-state index is 12.8. The Morgan fingerprint density at radius 3 is 2.88 bits per heavy atom. The van der Waals surface area contributed by atoms with E-state index in [0.29, 0.717) is 30.2 Å². The van der Waals surface area contributed by atoms with Gasteiger partial charge in [-0.1, -0.05) is 18.2 Å². The van der Waals surface area contributed by atoms with Crippen LogP contribution in [0, 0.1) is 0 Å². The molecule has 0 saturated heterocycles.